The van der Waals surface area contributed by atoms with Gasteiger partial charge in [-0.05, 0) is 24.3 Å². The minimum Gasteiger partial charge on any atom is -0.394 e. The van der Waals surface area contributed by atoms with E-state index in [-0.39, 0.29) is 11.3 Å². The number of nitrogens with zero attached hydrogens (tertiary/aromatic N) is 2. The summed E-state index contributed by atoms with van der Waals surface area (Å²) in [6, 6.07) is 14.9. The third-order valence-electron chi connectivity index (χ3n) is 4.83. The van der Waals surface area contributed by atoms with Gasteiger partial charge in [-0.1, -0.05) is 30.3 Å². The molecule has 3 N–H and O–H groups in total. The number of carbonyl (C=O) groups excluding carboxylic acids is 1. The van der Waals surface area contributed by atoms with Crippen molar-refractivity contribution in [2.24, 2.45) is 0 Å². The van der Waals surface area contributed by atoms with Crippen LogP contribution in [0.5, 0.6) is 0 Å². The lowest BCUT2D eigenvalue weighted by Crippen LogP contribution is -2.34. The second kappa shape index (κ2) is 7.70. The third-order valence-corrected chi connectivity index (χ3v) is 4.83. The minimum absolute atomic E-state index is 0.0309. The Morgan fingerprint density at radius 2 is 1.86 bits per heavy atom. The number of aliphatic hydroxyl groups excluding tert-OH is 2. The molecule has 4 rings (SSSR count). The first-order valence-electron chi connectivity index (χ1n) is 8.97. The van der Waals surface area contributed by atoms with Crippen LogP contribution in [0.2, 0.25) is 0 Å². The van der Waals surface area contributed by atoms with Crippen molar-refractivity contribution in [3.05, 3.63) is 70.6 Å². The summed E-state index contributed by atoms with van der Waals surface area (Å²) in [5.74, 6) is -0.417. The lowest BCUT2D eigenvalue weighted by atomic mass is 10.1. The van der Waals surface area contributed by atoms with E-state index in [4.69, 9.17) is 4.74 Å². The van der Waals surface area contributed by atoms with Gasteiger partial charge in [0.25, 0.3) is 5.91 Å². The maximum absolute atomic E-state index is 14.6. The van der Waals surface area contributed by atoms with Crippen LogP contribution in [0.25, 0.3) is 10.9 Å². The lowest BCUT2D eigenvalue weighted by Gasteiger charge is -2.19. The molecular weight excluding hydrogens is 381 g/mol. The maximum atomic E-state index is 14.6. The van der Waals surface area contributed by atoms with Crippen LogP contribution in [0.4, 0.5) is 10.2 Å². The SMILES string of the molecule is O=C(Nc1nc(=O)n([C@@H]2O[C@H](CO)[C@@H](O)[C@H]2F)c2ccccc12)c1ccccc1. The quantitative estimate of drug-likeness (QED) is 0.608. The smallest absolute Gasteiger partial charge is 0.352 e. The Hall–Kier alpha value is -3.14. The van der Waals surface area contributed by atoms with Gasteiger partial charge in [0.05, 0.1) is 12.1 Å². The Labute approximate surface area is 164 Å². The molecule has 1 amide bonds. The monoisotopic (exact) mass is 399 g/mol. The Morgan fingerprint density at radius 1 is 1.17 bits per heavy atom. The molecule has 29 heavy (non-hydrogen) atoms. The number of anilines is 1. The topological polar surface area (TPSA) is 114 Å². The van der Waals surface area contributed by atoms with E-state index in [0.717, 1.165) is 4.57 Å². The normalized spacial score (nSPS) is 24.0. The van der Waals surface area contributed by atoms with Crippen LogP contribution in [0.15, 0.2) is 59.4 Å². The van der Waals surface area contributed by atoms with Gasteiger partial charge < -0.3 is 20.3 Å². The van der Waals surface area contributed by atoms with Gasteiger partial charge in [0.1, 0.15) is 18.0 Å². The van der Waals surface area contributed by atoms with Gasteiger partial charge in [0.2, 0.25) is 0 Å². The van der Waals surface area contributed by atoms with Crippen molar-refractivity contribution in [2.45, 2.75) is 24.6 Å². The molecular formula is C20H18FN3O5. The number of halogens is 1. The van der Waals surface area contributed by atoms with Gasteiger partial charge in [0.15, 0.2) is 12.4 Å². The summed E-state index contributed by atoms with van der Waals surface area (Å²) in [5, 5.41) is 22.2. The van der Waals surface area contributed by atoms with Crippen molar-refractivity contribution in [2.75, 3.05) is 11.9 Å². The van der Waals surface area contributed by atoms with Gasteiger partial charge >= 0.3 is 5.69 Å². The number of fused-ring (bicyclic) bond motifs is 1. The number of hydrogen-bond acceptors (Lipinski definition) is 6. The summed E-state index contributed by atoms with van der Waals surface area (Å²) in [7, 11) is 0. The van der Waals surface area contributed by atoms with Crippen molar-refractivity contribution in [3.63, 3.8) is 0 Å². The number of alkyl halides is 1. The van der Waals surface area contributed by atoms with E-state index in [1.807, 2.05) is 0 Å². The number of benzene rings is 2. The average Bonchev–Trinajstić information content (AvgIpc) is 3.02. The molecule has 1 fully saturated rings. The van der Waals surface area contributed by atoms with E-state index in [1.54, 1.807) is 54.6 Å². The summed E-state index contributed by atoms with van der Waals surface area (Å²) in [6.07, 6.45) is -6.11. The van der Waals surface area contributed by atoms with Crippen LogP contribution in [-0.2, 0) is 4.74 Å². The first-order chi connectivity index (χ1) is 14.0. The first-order valence-corrected chi connectivity index (χ1v) is 8.97. The molecule has 150 valence electrons. The summed E-state index contributed by atoms with van der Waals surface area (Å²) in [6.45, 7) is -0.594. The average molecular weight is 399 g/mol. The molecule has 3 aromatic rings. The molecule has 4 atom stereocenters. The number of nitrogens with one attached hydrogen (secondary N) is 1. The standard InChI is InChI=1S/C20H18FN3O5/c21-15-16(26)14(10-25)29-19(15)24-13-9-5-4-8-12(13)17(23-20(24)28)22-18(27)11-6-2-1-3-7-11/h1-9,14-16,19,25-26H,10H2,(H,22,23,27,28)/t14-,15-,16-,19-/m1/s1. The fourth-order valence-corrected chi connectivity index (χ4v) is 3.37. The highest BCUT2D eigenvalue weighted by atomic mass is 19.1. The van der Waals surface area contributed by atoms with Crippen molar-refractivity contribution in [1.82, 2.24) is 9.55 Å². The van der Waals surface area contributed by atoms with Crippen LogP contribution in [0, 0.1) is 0 Å². The van der Waals surface area contributed by atoms with Crippen molar-refractivity contribution in [1.29, 1.82) is 0 Å². The molecule has 1 aliphatic rings. The summed E-state index contributed by atoms with van der Waals surface area (Å²) < 4.78 is 20.9. The van der Waals surface area contributed by atoms with Crippen LogP contribution < -0.4 is 11.0 Å². The third kappa shape index (κ3) is 3.39. The minimum atomic E-state index is -1.93. The molecule has 0 bridgehead atoms. The van der Waals surface area contributed by atoms with E-state index >= 15 is 0 Å². The summed E-state index contributed by atoms with van der Waals surface area (Å²) >= 11 is 0. The number of aliphatic hydroxyl groups is 2. The first kappa shape index (κ1) is 19.2. The highest BCUT2D eigenvalue weighted by Crippen LogP contribution is 2.33. The molecule has 8 nitrogen and oxygen atoms in total. The molecule has 1 saturated heterocycles. The van der Waals surface area contributed by atoms with Crippen molar-refractivity contribution < 1.29 is 24.1 Å². The van der Waals surface area contributed by atoms with Crippen LogP contribution in [-0.4, -0.2) is 50.7 Å². The molecule has 0 aliphatic carbocycles. The van der Waals surface area contributed by atoms with Gasteiger partial charge in [-0.2, -0.15) is 4.98 Å². The lowest BCUT2D eigenvalue weighted by molar-refractivity contribution is -0.0472. The van der Waals surface area contributed by atoms with Gasteiger partial charge in [-0.15, -0.1) is 0 Å². The fraction of sp³-hybridized carbons (Fsp3) is 0.250. The predicted molar refractivity (Wildman–Crippen MR) is 102 cm³/mol. The fourth-order valence-electron chi connectivity index (χ4n) is 3.37. The Bertz CT molecular complexity index is 1100. The number of hydrogen-bond donors (Lipinski definition) is 3. The Morgan fingerprint density at radius 3 is 2.55 bits per heavy atom. The van der Waals surface area contributed by atoms with E-state index in [0.29, 0.717) is 10.9 Å². The summed E-state index contributed by atoms with van der Waals surface area (Å²) in [5.41, 5.74) is -0.195. The molecule has 2 heterocycles. The van der Waals surface area contributed by atoms with E-state index in [1.165, 1.54) is 0 Å². The molecule has 0 saturated carbocycles. The largest absolute Gasteiger partial charge is 0.394 e. The van der Waals surface area contributed by atoms with Crippen LogP contribution in [0.1, 0.15) is 16.6 Å². The Kier molecular flexibility index (Phi) is 5.10. The van der Waals surface area contributed by atoms with Crippen LogP contribution in [0.3, 0.4) is 0 Å². The maximum Gasteiger partial charge on any atom is 0.352 e. The number of aromatic nitrogens is 2. The molecule has 9 heteroatoms. The van der Waals surface area contributed by atoms with Gasteiger partial charge in [-0.25, -0.2) is 9.18 Å². The number of carbonyl (C=O) groups is 1. The van der Waals surface area contributed by atoms with Gasteiger partial charge in [0, 0.05) is 10.9 Å². The zero-order valence-corrected chi connectivity index (χ0v) is 15.1. The van der Waals surface area contributed by atoms with Crippen LogP contribution >= 0.6 is 0 Å². The highest BCUT2D eigenvalue weighted by Gasteiger charge is 2.45. The van der Waals surface area contributed by atoms with Crippen molar-refractivity contribution >= 4 is 22.6 Å². The zero-order valence-electron chi connectivity index (χ0n) is 15.1. The molecule has 0 radical (unpaired) electrons. The molecule has 0 spiro atoms. The Balaban J connectivity index is 1.78. The molecule has 2 aromatic carbocycles. The number of amides is 1. The predicted octanol–water partition coefficient (Wildman–Crippen LogP) is 1.24. The number of para-hydroxylation sites is 1. The number of rotatable bonds is 4. The highest BCUT2D eigenvalue weighted by molar-refractivity contribution is 6.07. The molecule has 0 unspecified atom stereocenters. The van der Waals surface area contributed by atoms with E-state index in [2.05, 4.69) is 10.3 Å². The summed E-state index contributed by atoms with van der Waals surface area (Å²) in [4.78, 5) is 29.1. The molecule has 1 aliphatic heterocycles. The van der Waals surface area contributed by atoms with Crippen molar-refractivity contribution in [3.8, 4) is 0 Å². The second-order valence-corrected chi connectivity index (χ2v) is 6.63. The van der Waals surface area contributed by atoms with E-state index in [9.17, 15) is 24.2 Å². The number of ether oxygens (including phenoxy) is 1. The molecule has 1 aromatic heterocycles. The van der Waals surface area contributed by atoms with Gasteiger partial charge in [-0.3, -0.25) is 9.36 Å². The second-order valence-electron chi connectivity index (χ2n) is 6.63. The zero-order chi connectivity index (χ0) is 20.5. The van der Waals surface area contributed by atoms with E-state index < -0.39 is 42.8 Å².